The minimum Gasteiger partial charge on any atom is -0.507 e. The molecule has 1 fully saturated rings. The number of methoxy groups -OCH3 is 1. The van der Waals surface area contributed by atoms with Gasteiger partial charge in [-0.1, -0.05) is 24.3 Å². The number of ether oxygens (including phenoxy) is 1. The predicted octanol–water partition coefficient (Wildman–Crippen LogP) is 4.25. The number of phenols is 1. The molecule has 0 saturated carbocycles. The molecule has 1 aliphatic heterocycles. The fourth-order valence-corrected chi connectivity index (χ4v) is 3.91. The van der Waals surface area contributed by atoms with Gasteiger partial charge in [0.25, 0.3) is 5.91 Å². The largest absolute Gasteiger partial charge is 0.507 e. The van der Waals surface area contributed by atoms with E-state index < -0.39 is 0 Å². The van der Waals surface area contributed by atoms with Crippen LogP contribution < -0.4 is 0 Å². The molecule has 0 aliphatic carbocycles. The summed E-state index contributed by atoms with van der Waals surface area (Å²) < 4.78 is 5.86. The van der Waals surface area contributed by atoms with E-state index in [2.05, 4.69) is 27.6 Å². The maximum atomic E-state index is 12.8. The van der Waals surface area contributed by atoms with Crippen molar-refractivity contribution in [2.75, 3.05) is 20.3 Å². The molecule has 5 nitrogen and oxygen atoms in total. The molecule has 2 aromatic rings. The summed E-state index contributed by atoms with van der Waals surface area (Å²) in [5.74, 6) is 0.135. The number of hydrogen-bond acceptors (Lipinski definition) is 5. The number of hydrogen-bond donors (Lipinski definition) is 1. The van der Waals surface area contributed by atoms with Gasteiger partial charge in [0.15, 0.2) is 5.17 Å². The Morgan fingerprint density at radius 2 is 2.04 bits per heavy atom. The highest BCUT2D eigenvalue weighted by molar-refractivity contribution is 14.1. The van der Waals surface area contributed by atoms with Gasteiger partial charge in [0.2, 0.25) is 0 Å². The minimum atomic E-state index is -0.0928. The molecule has 0 unspecified atom stereocenters. The van der Waals surface area contributed by atoms with E-state index in [4.69, 9.17) is 4.74 Å². The van der Waals surface area contributed by atoms with Crippen LogP contribution in [0.4, 0.5) is 5.69 Å². The number of halogens is 1. The van der Waals surface area contributed by atoms with E-state index in [0.717, 1.165) is 14.8 Å². The molecule has 134 valence electrons. The van der Waals surface area contributed by atoms with Crippen LogP contribution in [0.1, 0.15) is 5.56 Å². The first-order valence-electron chi connectivity index (χ1n) is 7.91. The number of amidine groups is 1. The summed E-state index contributed by atoms with van der Waals surface area (Å²) in [5, 5.41) is 10.3. The number of phenolic OH excluding ortho intramolecular Hbond substituents is 1. The molecular formula is C19H17IN2O3S. The second-order valence-corrected chi connectivity index (χ2v) is 7.67. The van der Waals surface area contributed by atoms with Gasteiger partial charge in [-0.05, 0) is 70.3 Å². The van der Waals surface area contributed by atoms with Crippen LogP contribution in [0.3, 0.4) is 0 Å². The van der Waals surface area contributed by atoms with Gasteiger partial charge in [0.05, 0.1) is 27.3 Å². The molecule has 0 spiro atoms. The van der Waals surface area contributed by atoms with Crippen LogP contribution in [-0.4, -0.2) is 41.3 Å². The number of aromatic hydroxyl groups is 1. The lowest BCUT2D eigenvalue weighted by Crippen LogP contribution is -2.32. The minimum absolute atomic E-state index is 0.0928. The number of rotatable bonds is 5. The number of carbonyl (C=O) groups is 1. The Kier molecular flexibility index (Phi) is 6.33. The normalized spacial score (nSPS) is 17.5. The Hall–Kier alpha value is -1.84. The Bertz CT molecular complexity index is 868. The molecule has 2 aromatic carbocycles. The first-order valence-corrected chi connectivity index (χ1v) is 9.80. The number of para-hydroxylation sites is 1. The lowest BCUT2D eigenvalue weighted by Gasteiger charge is -2.14. The van der Waals surface area contributed by atoms with Crippen LogP contribution in [0.2, 0.25) is 0 Å². The van der Waals surface area contributed by atoms with Crippen molar-refractivity contribution in [3.63, 3.8) is 0 Å². The van der Waals surface area contributed by atoms with Crippen molar-refractivity contribution < 1.29 is 14.6 Å². The Labute approximate surface area is 169 Å². The average molecular weight is 480 g/mol. The molecule has 26 heavy (non-hydrogen) atoms. The molecule has 0 radical (unpaired) electrons. The summed E-state index contributed by atoms with van der Waals surface area (Å²) in [5.41, 5.74) is 1.65. The maximum Gasteiger partial charge on any atom is 0.266 e. The van der Waals surface area contributed by atoms with E-state index >= 15 is 0 Å². The lowest BCUT2D eigenvalue weighted by atomic mass is 10.2. The van der Waals surface area contributed by atoms with Crippen LogP contribution in [-0.2, 0) is 9.53 Å². The summed E-state index contributed by atoms with van der Waals surface area (Å²) in [6.45, 7) is 0.878. The van der Waals surface area contributed by atoms with Crippen LogP contribution in [0, 0.1) is 3.57 Å². The van der Waals surface area contributed by atoms with Gasteiger partial charge in [-0.15, -0.1) is 0 Å². The highest BCUT2D eigenvalue weighted by atomic mass is 127. The van der Waals surface area contributed by atoms with Crippen molar-refractivity contribution in [1.29, 1.82) is 0 Å². The third-order valence-electron chi connectivity index (χ3n) is 3.66. The quantitative estimate of drug-likeness (QED) is 0.514. The fraction of sp³-hybridized carbons (Fsp3) is 0.158. The highest BCUT2D eigenvalue weighted by Gasteiger charge is 2.33. The molecule has 1 aliphatic rings. The molecule has 3 rings (SSSR count). The zero-order valence-electron chi connectivity index (χ0n) is 14.1. The van der Waals surface area contributed by atoms with Crippen molar-refractivity contribution in [1.82, 2.24) is 4.90 Å². The van der Waals surface area contributed by atoms with Crippen molar-refractivity contribution in [3.05, 3.63) is 62.6 Å². The van der Waals surface area contributed by atoms with E-state index in [1.807, 2.05) is 42.5 Å². The molecule has 1 heterocycles. The van der Waals surface area contributed by atoms with Gasteiger partial charge < -0.3 is 9.84 Å². The van der Waals surface area contributed by atoms with Crippen molar-refractivity contribution in [2.24, 2.45) is 4.99 Å². The zero-order valence-corrected chi connectivity index (χ0v) is 17.0. The zero-order chi connectivity index (χ0) is 18.5. The van der Waals surface area contributed by atoms with Crippen LogP contribution in [0.25, 0.3) is 6.08 Å². The number of carbonyl (C=O) groups excluding carboxylic acids is 1. The van der Waals surface area contributed by atoms with Gasteiger partial charge in [-0.25, -0.2) is 4.99 Å². The second kappa shape index (κ2) is 8.70. The SMILES string of the molecule is COCCN1C(=O)/C(=C\c2ccc(O)c(I)c2)SC1=Nc1ccccc1. The maximum absolute atomic E-state index is 12.8. The fourth-order valence-electron chi connectivity index (χ4n) is 2.35. The summed E-state index contributed by atoms with van der Waals surface area (Å²) in [6.07, 6.45) is 1.82. The summed E-state index contributed by atoms with van der Waals surface area (Å²) in [7, 11) is 1.61. The van der Waals surface area contributed by atoms with Gasteiger partial charge in [0, 0.05) is 7.11 Å². The standard InChI is InChI=1S/C19H17IN2O3S/c1-25-10-9-22-18(24)17(12-13-7-8-16(23)15(20)11-13)26-19(22)21-14-5-3-2-4-6-14/h2-8,11-12,23H,9-10H2,1H3/b17-12+,21-19?. The first kappa shape index (κ1) is 18.9. The molecule has 1 amide bonds. The van der Waals surface area contributed by atoms with Crippen molar-refractivity contribution in [3.8, 4) is 5.75 Å². The van der Waals surface area contributed by atoms with E-state index in [0.29, 0.717) is 23.2 Å². The summed E-state index contributed by atoms with van der Waals surface area (Å²) >= 11 is 3.41. The average Bonchev–Trinajstić information content (AvgIpc) is 2.92. The number of nitrogens with zero attached hydrogens (tertiary/aromatic N) is 2. The molecule has 7 heteroatoms. The smallest absolute Gasteiger partial charge is 0.266 e. The Morgan fingerprint density at radius 3 is 2.73 bits per heavy atom. The van der Waals surface area contributed by atoms with E-state index in [9.17, 15) is 9.90 Å². The van der Waals surface area contributed by atoms with E-state index in [1.165, 1.54) is 11.8 Å². The number of benzene rings is 2. The molecule has 1 N–H and O–H groups in total. The third-order valence-corrected chi connectivity index (χ3v) is 5.53. The summed E-state index contributed by atoms with van der Waals surface area (Å²) in [6, 6.07) is 14.8. The molecule has 0 atom stereocenters. The predicted molar refractivity (Wildman–Crippen MR) is 114 cm³/mol. The highest BCUT2D eigenvalue weighted by Crippen LogP contribution is 2.34. The molecular weight excluding hydrogens is 463 g/mol. The monoisotopic (exact) mass is 480 g/mol. The number of amides is 1. The summed E-state index contributed by atoms with van der Waals surface area (Å²) in [4.78, 5) is 19.7. The third kappa shape index (κ3) is 4.46. The van der Waals surface area contributed by atoms with Crippen molar-refractivity contribution >= 4 is 57.2 Å². The van der Waals surface area contributed by atoms with E-state index in [-0.39, 0.29) is 11.7 Å². The van der Waals surface area contributed by atoms with Gasteiger partial charge in [-0.2, -0.15) is 0 Å². The van der Waals surface area contributed by atoms with Gasteiger partial charge in [0.1, 0.15) is 5.75 Å². The lowest BCUT2D eigenvalue weighted by molar-refractivity contribution is -0.122. The first-order chi connectivity index (χ1) is 12.6. The second-order valence-electron chi connectivity index (χ2n) is 5.50. The Balaban J connectivity index is 1.93. The van der Waals surface area contributed by atoms with Gasteiger partial charge in [-0.3, -0.25) is 9.69 Å². The van der Waals surface area contributed by atoms with Crippen LogP contribution in [0.5, 0.6) is 5.75 Å². The molecule has 0 aromatic heterocycles. The molecule has 0 bridgehead atoms. The van der Waals surface area contributed by atoms with Crippen molar-refractivity contribution in [2.45, 2.75) is 0 Å². The van der Waals surface area contributed by atoms with E-state index in [1.54, 1.807) is 24.1 Å². The number of thioether (sulfide) groups is 1. The Morgan fingerprint density at radius 1 is 1.27 bits per heavy atom. The molecule has 1 saturated heterocycles. The van der Waals surface area contributed by atoms with Crippen LogP contribution >= 0.6 is 34.4 Å². The topological polar surface area (TPSA) is 62.1 Å². The van der Waals surface area contributed by atoms with Crippen LogP contribution in [0.15, 0.2) is 58.4 Å². The number of aliphatic imine (C=N–C) groups is 1. The van der Waals surface area contributed by atoms with Gasteiger partial charge >= 0.3 is 0 Å².